The molecule has 0 radical (unpaired) electrons. The lowest BCUT2D eigenvalue weighted by atomic mass is 10.2. The lowest BCUT2D eigenvalue weighted by Crippen LogP contribution is -2.02. The first-order valence-corrected chi connectivity index (χ1v) is 8.27. The number of benzene rings is 1. The van der Waals surface area contributed by atoms with Gasteiger partial charge in [0, 0.05) is 29.6 Å². The van der Waals surface area contributed by atoms with Crippen LogP contribution in [0.1, 0.15) is 13.3 Å². The largest absolute Gasteiger partial charge is 0.462 e. The van der Waals surface area contributed by atoms with Crippen LogP contribution in [0.2, 0.25) is 0 Å². The summed E-state index contributed by atoms with van der Waals surface area (Å²) < 4.78 is 5.78. The Morgan fingerprint density at radius 2 is 2.14 bits per heavy atom. The summed E-state index contributed by atoms with van der Waals surface area (Å²) in [6, 6.07) is 9.68. The zero-order chi connectivity index (χ0) is 16.2. The number of ether oxygens (including phenoxy) is 1. The summed E-state index contributed by atoms with van der Waals surface area (Å²) in [6.07, 6.45) is 9.45. The number of allylic oxidation sites excluding steroid dienone is 3. The van der Waals surface area contributed by atoms with Crippen LogP contribution in [-0.2, 0) is 0 Å². The number of rotatable bonds is 8. The quantitative estimate of drug-likeness (QED) is 0.560. The van der Waals surface area contributed by atoms with Crippen LogP contribution in [0.15, 0.2) is 60.1 Å². The zero-order valence-corrected chi connectivity index (χ0v) is 13.7. The molecule has 116 valence electrons. The summed E-state index contributed by atoms with van der Waals surface area (Å²) in [7, 11) is 0. The second kappa shape index (κ2) is 10.4. The van der Waals surface area contributed by atoms with Crippen molar-refractivity contribution < 1.29 is 4.74 Å². The van der Waals surface area contributed by atoms with E-state index in [1.807, 2.05) is 49.6 Å². The standard InChI is InChI=1S/C17H21N3OS/c1-3-16(5-4-11-18)21-17-8-6-14(7-9-17)20-15(10-12-19)13-22-2/h3-4,6-11,20H,5,13,18H2,1-2H3/b11-4-,15-10+,16-3+. The highest BCUT2D eigenvalue weighted by molar-refractivity contribution is 7.98. The van der Waals surface area contributed by atoms with Crippen molar-refractivity contribution in [3.05, 3.63) is 60.1 Å². The monoisotopic (exact) mass is 315 g/mol. The third kappa shape index (κ3) is 6.42. The molecule has 0 saturated carbocycles. The molecule has 0 aliphatic rings. The van der Waals surface area contributed by atoms with Gasteiger partial charge in [0.15, 0.2) is 0 Å². The number of thioether (sulfide) groups is 1. The van der Waals surface area contributed by atoms with E-state index < -0.39 is 0 Å². The molecular formula is C17H21N3OS. The van der Waals surface area contributed by atoms with Crippen LogP contribution in [0.4, 0.5) is 5.69 Å². The number of hydrogen-bond acceptors (Lipinski definition) is 5. The van der Waals surface area contributed by atoms with Gasteiger partial charge >= 0.3 is 0 Å². The molecule has 4 nitrogen and oxygen atoms in total. The van der Waals surface area contributed by atoms with Crippen molar-refractivity contribution in [1.82, 2.24) is 0 Å². The third-order valence-electron chi connectivity index (χ3n) is 2.72. The predicted molar refractivity (Wildman–Crippen MR) is 94.5 cm³/mol. The number of nitrogens with one attached hydrogen (secondary N) is 1. The molecule has 3 N–H and O–H groups in total. The molecule has 0 amide bonds. The molecule has 0 saturated heterocycles. The lowest BCUT2D eigenvalue weighted by molar-refractivity contribution is 0.414. The van der Waals surface area contributed by atoms with Crippen LogP contribution in [-0.4, -0.2) is 12.0 Å². The average molecular weight is 315 g/mol. The first-order valence-electron chi connectivity index (χ1n) is 6.88. The summed E-state index contributed by atoms with van der Waals surface area (Å²) in [5.41, 5.74) is 7.14. The van der Waals surface area contributed by atoms with Crippen LogP contribution < -0.4 is 15.8 Å². The number of nitrogens with zero attached hydrogens (tertiary/aromatic N) is 1. The molecule has 0 bridgehead atoms. The maximum atomic E-state index is 8.77. The van der Waals surface area contributed by atoms with E-state index in [1.165, 1.54) is 12.3 Å². The second-order valence-electron chi connectivity index (χ2n) is 4.37. The first-order chi connectivity index (χ1) is 10.7. The maximum absolute atomic E-state index is 8.77. The summed E-state index contributed by atoms with van der Waals surface area (Å²) in [6.45, 7) is 1.93. The highest BCUT2D eigenvalue weighted by Crippen LogP contribution is 2.20. The second-order valence-corrected chi connectivity index (χ2v) is 5.24. The molecule has 22 heavy (non-hydrogen) atoms. The topological polar surface area (TPSA) is 71.1 Å². The van der Waals surface area contributed by atoms with Crippen LogP contribution in [0, 0.1) is 11.3 Å². The van der Waals surface area contributed by atoms with Crippen molar-refractivity contribution in [2.45, 2.75) is 13.3 Å². The maximum Gasteiger partial charge on any atom is 0.127 e. The molecule has 0 fully saturated rings. The van der Waals surface area contributed by atoms with Crippen molar-refractivity contribution in [2.24, 2.45) is 5.73 Å². The zero-order valence-electron chi connectivity index (χ0n) is 12.9. The predicted octanol–water partition coefficient (Wildman–Crippen LogP) is 4.01. The lowest BCUT2D eigenvalue weighted by Gasteiger charge is -2.11. The Kier molecular flexibility index (Phi) is 8.39. The Morgan fingerprint density at radius 1 is 1.41 bits per heavy atom. The van der Waals surface area contributed by atoms with E-state index >= 15 is 0 Å². The summed E-state index contributed by atoms with van der Waals surface area (Å²) in [5, 5.41) is 12.0. The third-order valence-corrected chi connectivity index (χ3v) is 3.32. The van der Waals surface area contributed by atoms with Gasteiger partial charge in [0.25, 0.3) is 0 Å². The van der Waals surface area contributed by atoms with Crippen LogP contribution in [0.5, 0.6) is 5.75 Å². The fourth-order valence-electron chi connectivity index (χ4n) is 1.69. The van der Waals surface area contributed by atoms with Crippen LogP contribution in [0.3, 0.4) is 0 Å². The van der Waals surface area contributed by atoms with Crippen molar-refractivity contribution in [1.29, 1.82) is 5.26 Å². The van der Waals surface area contributed by atoms with Gasteiger partial charge in [-0.25, -0.2) is 0 Å². The van der Waals surface area contributed by atoms with E-state index in [0.717, 1.165) is 28.6 Å². The van der Waals surface area contributed by atoms with Crippen molar-refractivity contribution in [3.8, 4) is 11.8 Å². The van der Waals surface area contributed by atoms with Gasteiger partial charge in [-0.3, -0.25) is 0 Å². The molecule has 0 heterocycles. The Morgan fingerprint density at radius 3 is 2.68 bits per heavy atom. The SMILES string of the molecule is C/C=C(\C/C=C\N)Oc1ccc(N/C(=C/C#N)CSC)cc1. The summed E-state index contributed by atoms with van der Waals surface area (Å²) in [4.78, 5) is 0. The van der Waals surface area contributed by atoms with E-state index in [0.29, 0.717) is 6.42 Å². The van der Waals surface area contributed by atoms with Crippen molar-refractivity contribution >= 4 is 17.4 Å². The molecule has 1 aromatic rings. The molecular weight excluding hydrogens is 294 g/mol. The number of nitriles is 1. The molecule has 1 aromatic carbocycles. The van der Waals surface area contributed by atoms with E-state index in [4.69, 9.17) is 15.7 Å². The first kappa shape index (κ1) is 17.7. The van der Waals surface area contributed by atoms with Gasteiger partial charge in [0.05, 0.1) is 6.07 Å². The van der Waals surface area contributed by atoms with Gasteiger partial charge in [-0.05, 0) is 49.7 Å². The van der Waals surface area contributed by atoms with Gasteiger partial charge in [-0.2, -0.15) is 17.0 Å². The van der Waals surface area contributed by atoms with E-state index in [1.54, 1.807) is 11.8 Å². The normalized spacial score (nSPS) is 12.2. The minimum Gasteiger partial charge on any atom is -0.462 e. The molecule has 0 unspecified atom stereocenters. The highest BCUT2D eigenvalue weighted by Gasteiger charge is 2.01. The molecule has 0 spiro atoms. The summed E-state index contributed by atoms with van der Waals surface area (Å²) in [5.74, 6) is 2.37. The van der Waals surface area contributed by atoms with Gasteiger partial charge < -0.3 is 15.8 Å². The van der Waals surface area contributed by atoms with Gasteiger partial charge in [-0.15, -0.1) is 0 Å². The van der Waals surface area contributed by atoms with Gasteiger partial charge in [-0.1, -0.05) is 6.08 Å². The molecule has 5 heteroatoms. The fraction of sp³-hybridized carbons (Fsp3) is 0.235. The Labute approximate surface area is 136 Å². The van der Waals surface area contributed by atoms with Gasteiger partial charge in [0.2, 0.25) is 0 Å². The van der Waals surface area contributed by atoms with E-state index in [2.05, 4.69) is 11.4 Å². The molecule has 0 aromatic heterocycles. The van der Waals surface area contributed by atoms with E-state index in [9.17, 15) is 0 Å². The minimum absolute atomic E-state index is 0.662. The Balaban J connectivity index is 2.70. The highest BCUT2D eigenvalue weighted by atomic mass is 32.2. The summed E-state index contributed by atoms with van der Waals surface area (Å²) >= 11 is 1.66. The number of hydrogen-bond donors (Lipinski definition) is 2. The van der Waals surface area contributed by atoms with Crippen LogP contribution in [0.25, 0.3) is 0 Å². The molecule has 0 aliphatic carbocycles. The molecule has 0 aliphatic heterocycles. The van der Waals surface area contributed by atoms with Crippen molar-refractivity contribution in [2.75, 3.05) is 17.3 Å². The fourth-order valence-corrected chi connectivity index (χ4v) is 2.16. The van der Waals surface area contributed by atoms with Gasteiger partial charge in [0.1, 0.15) is 11.5 Å². The Bertz CT molecular complexity index is 583. The smallest absolute Gasteiger partial charge is 0.127 e. The Hall–Kier alpha value is -2.32. The van der Waals surface area contributed by atoms with Crippen LogP contribution >= 0.6 is 11.8 Å². The number of anilines is 1. The van der Waals surface area contributed by atoms with E-state index in [-0.39, 0.29) is 0 Å². The molecule has 1 rings (SSSR count). The van der Waals surface area contributed by atoms with Crippen molar-refractivity contribution in [3.63, 3.8) is 0 Å². The number of nitrogens with two attached hydrogens (primary N) is 1. The average Bonchev–Trinajstić information content (AvgIpc) is 2.53. The molecule has 0 atom stereocenters. The minimum atomic E-state index is 0.662.